The number of aryl methyl sites for hydroxylation is 1. The summed E-state index contributed by atoms with van der Waals surface area (Å²) in [5.41, 5.74) is 2.21. The third-order valence-electron chi connectivity index (χ3n) is 3.81. The molecule has 2 atom stereocenters. The molecule has 1 aromatic heterocycles. The number of nitrogens with zero attached hydrogens (tertiary/aromatic N) is 1. The molecule has 3 nitrogen and oxygen atoms in total. The van der Waals surface area contributed by atoms with Gasteiger partial charge in [-0.2, -0.15) is 0 Å². The zero-order valence-corrected chi connectivity index (χ0v) is 8.44. The molecule has 1 aromatic rings. The minimum atomic E-state index is -0.659. The van der Waals surface area contributed by atoms with Gasteiger partial charge in [-0.05, 0) is 37.3 Å². The van der Waals surface area contributed by atoms with Crippen LogP contribution in [0.15, 0.2) is 18.3 Å². The molecule has 3 heteroatoms. The molecule has 1 N–H and O–H groups in total. The maximum atomic E-state index is 11.0. The maximum absolute atomic E-state index is 11.0. The molecule has 2 aliphatic rings. The van der Waals surface area contributed by atoms with Crippen LogP contribution < -0.4 is 0 Å². The molecule has 0 bridgehead atoms. The van der Waals surface area contributed by atoms with Crippen LogP contribution in [0, 0.1) is 5.92 Å². The Labute approximate surface area is 88.1 Å². The number of hydrogen-bond acceptors (Lipinski definition) is 2. The zero-order valence-electron chi connectivity index (χ0n) is 8.44. The first-order valence-corrected chi connectivity index (χ1v) is 5.41. The summed E-state index contributed by atoms with van der Waals surface area (Å²) in [5, 5.41) is 9.07. The minimum Gasteiger partial charge on any atom is -0.481 e. The summed E-state index contributed by atoms with van der Waals surface area (Å²) in [6.45, 7) is 0. The Bertz CT molecular complexity index is 429. The molecule has 78 valence electrons. The average molecular weight is 203 g/mol. The lowest BCUT2D eigenvalue weighted by Gasteiger charge is -2.24. The molecular formula is C12H13NO2. The minimum absolute atomic E-state index is 0.110. The van der Waals surface area contributed by atoms with Crippen LogP contribution in [0.5, 0.6) is 0 Å². The fourth-order valence-electron chi connectivity index (χ4n) is 2.97. The number of carbonyl (C=O) groups is 1. The van der Waals surface area contributed by atoms with Crippen molar-refractivity contribution in [2.24, 2.45) is 5.92 Å². The number of aromatic nitrogens is 1. The van der Waals surface area contributed by atoms with Gasteiger partial charge in [0.05, 0.1) is 11.6 Å². The Kier molecular flexibility index (Phi) is 1.67. The predicted octanol–water partition coefficient (Wildman–Crippen LogP) is 1.76. The summed E-state index contributed by atoms with van der Waals surface area (Å²) < 4.78 is 0. The Morgan fingerprint density at radius 2 is 2.47 bits per heavy atom. The molecule has 15 heavy (non-hydrogen) atoms. The zero-order chi connectivity index (χ0) is 10.5. The quantitative estimate of drug-likeness (QED) is 0.756. The smallest absolute Gasteiger partial charge is 0.307 e. The SMILES string of the molecule is O=C(O)C1CC12CCCc1cccnc12. The van der Waals surface area contributed by atoms with Crippen molar-refractivity contribution in [1.29, 1.82) is 0 Å². The van der Waals surface area contributed by atoms with Crippen LogP contribution in [0.25, 0.3) is 0 Å². The molecule has 0 amide bonds. The van der Waals surface area contributed by atoms with Gasteiger partial charge in [0.2, 0.25) is 0 Å². The van der Waals surface area contributed by atoms with E-state index in [9.17, 15) is 4.79 Å². The molecule has 1 spiro atoms. The third kappa shape index (κ3) is 1.12. The van der Waals surface area contributed by atoms with E-state index in [1.165, 1.54) is 5.56 Å². The van der Waals surface area contributed by atoms with E-state index in [4.69, 9.17) is 5.11 Å². The molecule has 1 saturated carbocycles. The van der Waals surface area contributed by atoms with Crippen LogP contribution >= 0.6 is 0 Å². The van der Waals surface area contributed by atoms with Crippen molar-refractivity contribution in [3.63, 3.8) is 0 Å². The molecule has 3 rings (SSSR count). The van der Waals surface area contributed by atoms with E-state index in [0.29, 0.717) is 0 Å². The van der Waals surface area contributed by atoms with E-state index in [2.05, 4.69) is 11.1 Å². The number of rotatable bonds is 1. The Balaban J connectivity index is 2.05. The van der Waals surface area contributed by atoms with E-state index in [1.54, 1.807) is 6.20 Å². The molecule has 1 heterocycles. The van der Waals surface area contributed by atoms with Crippen molar-refractivity contribution in [1.82, 2.24) is 4.98 Å². The van der Waals surface area contributed by atoms with E-state index in [1.807, 2.05) is 6.07 Å². The summed E-state index contributed by atoms with van der Waals surface area (Å²) in [6, 6.07) is 4.02. The first kappa shape index (κ1) is 8.89. The van der Waals surface area contributed by atoms with Crippen molar-refractivity contribution in [2.75, 3.05) is 0 Å². The van der Waals surface area contributed by atoms with Crippen LogP contribution in [0.1, 0.15) is 30.5 Å². The summed E-state index contributed by atoms with van der Waals surface area (Å²) in [7, 11) is 0. The predicted molar refractivity (Wildman–Crippen MR) is 54.6 cm³/mol. The van der Waals surface area contributed by atoms with Crippen LogP contribution in [-0.4, -0.2) is 16.1 Å². The molecule has 0 aromatic carbocycles. The van der Waals surface area contributed by atoms with Crippen molar-refractivity contribution < 1.29 is 9.90 Å². The first-order valence-electron chi connectivity index (χ1n) is 5.41. The van der Waals surface area contributed by atoms with Crippen LogP contribution in [0.4, 0.5) is 0 Å². The monoisotopic (exact) mass is 203 g/mol. The lowest BCUT2D eigenvalue weighted by atomic mass is 9.82. The lowest BCUT2D eigenvalue weighted by Crippen LogP contribution is -2.22. The van der Waals surface area contributed by atoms with Crippen molar-refractivity contribution in [3.05, 3.63) is 29.6 Å². The lowest BCUT2D eigenvalue weighted by molar-refractivity contribution is -0.139. The number of carboxylic acids is 1. The van der Waals surface area contributed by atoms with E-state index < -0.39 is 5.97 Å². The van der Waals surface area contributed by atoms with Crippen molar-refractivity contribution >= 4 is 5.97 Å². The molecular weight excluding hydrogens is 190 g/mol. The second kappa shape index (κ2) is 2.81. The number of carboxylic acid groups (broad SMARTS) is 1. The van der Waals surface area contributed by atoms with E-state index >= 15 is 0 Å². The standard InChI is InChI=1S/C12H13NO2/c14-11(15)9-7-12(9)5-1-3-8-4-2-6-13-10(8)12/h2,4,6,9H,1,3,5,7H2,(H,14,15). The second-order valence-corrected chi connectivity index (χ2v) is 4.62. The third-order valence-corrected chi connectivity index (χ3v) is 3.81. The Hall–Kier alpha value is -1.38. The van der Waals surface area contributed by atoms with Crippen LogP contribution in [0.3, 0.4) is 0 Å². The van der Waals surface area contributed by atoms with Crippen molar-refractivity contribution in [3.8, 4) is 0 Å². The van der Waals surface area contributed by atoms with Gasteiger partial charge in [0.25, 0.3) is 0 Å². The van der Waals surface area contributed by atoms with Gasteiger partial charge in [0.15, 0.2) is 0 Å². The topological polar surface area (TPSA) is 50.2 Å². The highest BCUT2D eigenvalue weighted by Gasteiger charge is 2.61. The number of hydrogen-bond donors (Lipinski definition) is 1. The van der Waals surface area contributed by atoms with Gasteiger partial charge < -0.3 is 5.11 Å². The van der Waals surface area contributed by atoms with Crippen LogP contribution in [0.2, 0.25) is 0 Å². The fraction of sp³-hybridized carbons (Fsp3) is 0.500. The summed E-state index contributed by atoms with van der Waals surface area (Å²) in [6.07, 6.45) is 5.71. The Morgan fingerprint density at radius 1 is 1.60 bits per heavy atom. The van der Waals surface area contributed by atoms with Gasteiger partial charge in [-0.25, -0.2) is 0 Å². The average Bonchev–Trinajstić information content (AvgIpc) is 2.95. The van der Waals surface area contributed by atoms with Gasteiger partial charge in [-0.3, -0.25) is 9.78 Å². The number of pyridine rings is 1. The van der Waals surface area contributed by atoms with Crippen molar-refractivity contribution in [2.45, 2.75) is 31.1 Å². The normalized spacial score (nSPS) is 32.4. The van der Waals surface area contributed by atoms with Gasteiger partial charge in [-0.1, -0.05) is 6.07 Å². The highest BCUT2D eigenvalue weighted by molar-refractivity contribution is 5.77. The van der Waals surface area contributed by atoms with Crippen LogP contribution in [-0.2, 0) is 16.6 Å². The van der Waals surface area contributed by atoms with Gasteiger partial charge in [-0.15, -0.1) is 0 Å². The number of fused-ring (bicyclic) bond motifs is 2. The Morgan fingerprint density at radius 3 is 3.20 bits per heavy atom. The van der Waals surface area contributed by atoms with Gasteiger partial charge >= 0.3 is 5.97 Å². The first-order chi connectivity index (χ1) is 7.24. The highest BCUT2D eigenvalue weighted by Crippen LogP contribution is 2.59. The molecule has 2 aliphatic carbocycles. The molecule has 0 radical (unpaired) electrons. The van der Waals surface area contributed by atoms with Gasteiger partial charge in [0.1, 0.15) is 0 Å². The molecule has 2 unspecified atom stereocenters. The second-order valence-electron chi connectivity index (χ2n) is 4.62. The highest BCUT2D eigenvalue weighted by atomic mass is 16.4. The summed E-state index contributed by atoms with van der Waals surface area (Å²) in [5.74, 6) is -0.847. The fourth-order valence-corrected chi connectivity index (χ4v) is 2.97. The molecule has 0 aliphatic heterocycles. The largest absolute Gasteiger partial charge is 0.481 e. The maximum Gasteiger partial charge on any atom is 0.307 e. The summed E-state index contributed by atoms with van der Waals surface area (Å²) in [4.78, 5) is 15.4. The van der Waals surface area contributed by atoms with E-state index in [0.717, 1.165) is 31.4 Å². The van der Waals surface area contributed by atoms with E-state index in [-0.39, 0.29) is 11.3 Å². The molecule has 0 saturated heterocycles. The molecule has 1 fully saturated rings. The summed E-state index contributed by atoms with van der Waals surface area (Å²) >= 11 is 0. The van der Waals surface area contributed by atoms with Gasteiger partial charge in [0, 0.05) is 11.6 Å². The number of aliphatic carboxylic acids is 1.